The van der Waals surface area contributed by atoms with Crippen LogP contribution in [-0.2, 0) is 4.74 Å². The van der Waals surface area contributed by atoms with Gasteiger partial charge in [-0.1, -0.05) is 6.92 Å². The molecule has 0 aromatic heterocycles. The Bertz CT molecular complexity index is 191. The second kappa shape index (κ2) is 7.73. The molecule has 1 saturated heterocycles. The molecule has 0 aromatic rings. The third-order valence-corrected chi connectivity index (χ3v) is 2.91. The summed E-state index contributed by atoms with van der Waals surface area (Å²) in [6, 6.07) is 0.515. The molecule has 2 atom stereocenters. The molecule has 1 aliphatic rings. The second-order valence-corrected chi connectivity index (χ2v) is 4.21. The Balaban J connectivity index is 2.27. The van der Waals surface area contributed by atoms with Crippen molar-refractivity contribution in [1.29, 1.82) is 0 Å². The van der Waals surface area contributed by atoms with Crippen LogP contribution in [0.1, 0.15) is 45.4 Å². The van der Waals surface area contributed by atoms with Gasteiger partial charge in [-0.05, 0) is 38.6 Å². The first-order chi connectivity index (χ1) is 7.38. The van der Waals surface area contributed by atoms with Crippen LogP contribution in [0.2, 0.25) is 0 Å². The molecule has 0 amide bonds. The van der Waals surface area contributed by atoms with Crippen molar-refractivity contribution in [3.63, 3.8) is 0 Å². The average molecular weight is 209 g/mol. The van der Waals surface area contributed by atoms with Crippen molar-refractivity contribution < 1.29 is 4.74 Å². The van der Waals surface area contributed by atoms with E-state index in [0.29, 0.717) is 12.1 Å². The van der Waals surface area contributed by atoms with Gasteiger partial charge < -0.3 is 10.1 Å². The molecule has 86 valence electrons. The van der Waals surface area contributed by atoms with E-state index >= 15 is 0 Å². The summed E-state index contributed by atoms with van der Waals surface area (Å²) in [6.07, 6.45) is 12.4. The summed E-state index contributed by atoms with van der Waals surface area (Å²) in [5, 5.41) is 3.58. The van der Waals surface area contributed by atoms with Crippen molar-refractivity contribution in [2.45, 2.75) is 57.6 Å². The number of hydrogen-bond donors (Lipinski definition) is 1. The minimum atomic E-state index is 0.425. The van der Waals surface area contributed by atoms with Crippen LogP contribution in [0.5, 0.6) is 0 Å². The lowest BCUT2D eigenvalue weighted by molar-refractivity contribution is 0.0751. The molecule has 2 nitrogen and oxygen atoms in total. The van der Waals surface area contributed by atoms with Gasteiger partial charge in [0.15, 0.2) is 0 Å². The Morgan fingerprint density at radius 3 is 3.07 bits per heavy atom. The zero-order valence-corrected chi connectivity index (χ0v) is 9.80. The average Bonchev–Trinajstić information content (AvgIpc) is 2.76. The normalized spacial score (nSPS) is 22.5. The lowest BCUT2D eigenvalue weighted by Gasteiger charge is -2.23. The molecule has 0 saturated carbocycles. The highest BCUT2D eigenvalue weighted by Gasteiger charge is 2.24. The smallest absolute Gasteiger partial charge is 0.0728 e. The third-order valence-electron chi connectivity index (χ3n) is 2.91. The lowest BCUT2D eigenvalue weighted by Crippen LogP contribution is -2.39. The standard InChI is InChI=1S/C13H23NO/c1-3-5-6-8-12(14-10-4-2)13-9-7-11-15-13/h1,12-14H,4-11H2,2H3. The molecule has 2 unspecified atom stereocenters. The minimum Gasteiger partial charge on any atom is -0.377 e. The summed E-state index contributed by atoms with van der Waals surface area (Å²) in [6.45, 7) is 4.21. The van der Waals surface area contributed by atoms with Crippen molar-refractivity contribution >= 4 is 0 Å². The summed E-state index contributed by atoms with van der Waals surface area (Å²) < 4.78 is 5.73. The predicted molar refractivity (Wildman–Crippen MR) is 63.7 cm³/mol. The van der Waals surface area contributed by atoms with E-state index in [1.807, 2.05) is 0 Å². The highest BCUT2D eigenvalue weighted by Crippen LogP contribution is 2.19. The maximum Gasteiger partial charge on any atom is 0.0728 e. The summed E-state index contributed by atoms with van der Waals surface area (Å²) in [4.78, 5) is 0. The van der Waals surface area contributed by atoms with Crippen LogP contribution in [-0.4, -0.2) is 25.3 Å². The first-order valence-electron chi connectivity index (χ1n) is 6.17. The van der Waals surface area contributed by atoms with Gasteiger partial charge in [0.1, 0.15) is 0 Å². The number of hydrogen-bond acceptors (Lipinski definition) is 2. The van der Waals surface area contributed by atoms with Crippen LogP contribution >= 0.6 is 0 Å². The summed E-state index contributed by atoms with van der Waals surface area (Å²) in [5.74, 6) is 2.70. The molecule has 1 fully saturated rings. The second-order valence-electron chi connectivity index (χ2n) is 4.21. The van der Waals surface area contributed by atoms with Crippen LogP contribution in [0.25, 0.3) is 0 Å². The van der Waals surface area contributed by atoms with E-state index in [-0.39, 0.29) is 0 Å². The first-order valence-corrected chi connectivity index (χ1v) is 6.17. The van der Waals surface area contributed by atoms with Gasteiger partial charge in [0.05, 0.1) is 6.10 Å². The van der Waals surface area contributed by atoms with Crippen molar-refractivity contribution in [3.05, 3.63) is 0 Å². The molecular formula is C13H23NO. The lowest BCUT2D eigenvalue weighted by atomic mass is 10.0. The molecule has 1 rings (SSSR count). The zero-order chi connectivity index (χ0) is 10.9. The Kier molecular flexibility index (Phi) is 6.47. The molecule has 0 bridgehead atoms. The van der Waals surface area contributed by atoms with Crippen molar-refractivity contribution in [2.24, 2.45) is 0 Å². The van der Waals surface area contributed by atoms with Gasteiger partial charge in [-0.25, -0.2) is 0 Å². The fourth-order valence-corrected chi connectivity index (χ4v) is 2.09. The van der Waals surface area contributed by atoms with Crippen LogP contribution in [0.4, 0.5) is 0 Å². The number of nitrogens with one attached hydrogen (secondary N) is 1. The molecule has 0 spiro atoms. The Morgan fingerprint density at radius 2 is 2.47 bits per heavy atom. The van der Waals surface area contributed by atoms with Gasteiger partial charge in [0.25, 0.3) is 0 Å². The molecule has 0 radical (unpaired) electrons. The molecule has 1 aliphatic heterocycles. The van der Waals surface area contributed by atoms with Gasteiger partial charge in [-0.2, -0.15) is 0 Å². The largest absolute Gasteiger partial charge is 0.377 e. The van der Waals surface area contributed by atoms with Gasteiger partial charge in [-0.15, -0.1) is 12.3 Å². The van der Waals surface area contributed by atoms with E-state index in [4.69, 9.17) is 11.2 Å². The molecule has 2 heteroatoms. The summed E-state index contributed by atoms with van der Waals surface area (Å²) in [5.41, 5.74) is 0. The molecular weight excluding hydrogens is 186 g/mol. The van der Waals surface area contributed by atoms with Crippen molar-refractivity contribution in [1.82, 2.24) is 5.32 Å². The van der Waals surface area contributed by atoms with E-state index < -0.39 is 0 Å². The zero-order valence-electron chi connectivity index (χ0n) is 9.80. The van der Waals surface area contributed by atoms with E-state index in [1.165, 1.54) is 19.3 Å². The number of terminal acetylenes is 1. The van der Waals surface area contributed by atoms with Crippen LogP contribution in [0.15, 0.2) is 0 Å². The Hall–Kier alpha value is -0.520. The maximum atomic E-state index is 5.73. The quantitative estimate of drug-likeness (QED) is 0.513. The van der Waals surface area contributed by atoms with Gasteiger partial charge >= 0.3 is 0 Å². The van der Waals surface area contributed by atoms with Crippen LogP contribution in [0, 0.1) is 12.3 Å². The van der Waals surface area contributed by atoms with Gasteiger partial charge in [0, 0.05) is 19.1 Å². The molecule has 0 aromatic carbocycles. The molecule has 15 heavy (non-hydrogen) atoms. The maximum absolute atomic E-state index is 5.73. The van der Waals surface area contributed by atoms with Gasteiger partial charge in [0.2, 0.25) is 0 Å². The van der Waals surface area contributed by atoms with E-state index in [1.54, 1.807) is 0 Å². The number of ether oxygens (including phenoxy) is 1. The fourth-order valence-electron chi connectivity index (χ4n) is 2.09. The monoisotopic (exact) mass is 209 g/mol. The number of rotatable bonds is 7. The summed E-state index contributed by atoms with van der Waals surface area (Å²) >= 11 is 0. The van der Waals surface area contributed by atoms with E-state index in [2.05, 4.69) is 18.2 Å². The van der Waals surface area contributed by atoms with E-state index in [0.717, 1.165) is 32.4 Å². The fraction of sp³-hybridized carbons (Fsp3) is 0.846. The third kappa shape index (κ3) is 4.68. The van der Waals surface area contributed by atoms with E-state index in [9.17, 15) is 0 Å². The molecule has 1 heterocycles. The molecule has 0 aliphatic carbocycles. The van der Waals surface area contributed by atoms with Crippen LogP contribution < -0.4 is 5.32 Å². The van der Waals surface area contributed by atoms with Gasteiger partial charge in [-0.3, -0.25) is 0 Å². The topological polar surface area (TPSA) is 21.3 Å². The predicted octanol–water partition coefficient (Wildman–Crippen LogP) is 2.34. The van der Waals surface area contributed by atoms with Crippen molar-refractivity contribution in [3.8, 4) is 12.3 Å². The SMILES string of the molecule is C#CCCCC(NCCC)C1CCCO1. The van der Waals surface area contributed by atoms with Crippen LogP contribution in [0.3, 0.4) is 0 Å². The minimum absolute atomic E-state index is 0.425. The first kappa shape index (κ1) is 12.5. The Labute approximate surface area is 93.8 Å². The number of unbranched alkanes of at least 4 members (excludes halogenated alkanes) is 1. The summed E-state index contributed by atoms with van der Waals surface area (Å²) in [7, 11) is 0. The highest BCUT2D eigenvalue weighted by atomic mass is 16.5. The van der Waals surface area contributed by atoms with Crippen molar-refractivity contribution in [2.75, 3.05) is 13.2 Å². The highest BCUT2D eigenvalue weighted by molar-refractivity contribution is 4.86. The Morgan fingerprint density at radius 1 is 1.60 bits per heavy atom. The molecule has 1 N–H and O–H groups in total.